The molecule has 1 aliphatic rings. The van der Waals surface area contributed by atoms with Crippen LogP contribution >= 0.6 is 0 Å². The van der Waals surface area contributed by atoms with E-state index in [2.05, 4.69) is 25.6 Å². The Labute approximate surface area is 253 Å². The van der Waals surface area contributed by atoms with E-state index in [0.717, 1.165) is 29.4 Å². The molecule has 13 heteroatoms. The molecule has 2 heterocycles. The third-order valence-electron chi connectivity index (χ3n) is 7.92. The van der Waals surface area contributed by atoms with Crippen molar-refractivity contribution in [1.82, 2.24) is 19.5 Å². The molecule has 0 aliphatic heterocycles. The number of aliphatic hydroxyl groups excluding tert-OH is 1. The van der Waals surface area contributed by atoms with Gasteiger partial charge in [0.2, 0.25) is 11.9 Å². The Bertz CT molecular complexity index is 1960. The van der Waals surface area contributed by atoms with Gasteiger partial charge in [-0.25, -0.2) is 27.2 Å². The van der Waals surface area contributed by atoms with E-state index in [1.165, 1.54) is 6.26 Å². The number of fused-ring (bicyclic) bond motifs is 1. The first-order chi connectivity index (χ1) is 20.9. The van der Waals surface area contributed by atoms with Gasteiger partial charge in [-0.2, -0.15) is 4.98 Å². The van der Waals surface area contributed by atoms with Crippen molar-refractivity contribution in [3.63, 3.8) is 0 Å². The molecule has 3 N–H and O–H groups in total. The number of aliphatic hydroxyl groups is 1. The summed E-state index contributed by atoms with van der Waals surface area (Å²) in [5.41, 5.74) is 2.91. The Morgan fingerprint density at radius 3 is 2.50 bits per heavy atom. The monoisotopic (exact) mass is 619 g/mol. The van der Waals surface area contributed by atoms with Crippen molar-refractivity contribution in [2.45, 2.75) is 30.2 Å². The van der Waals surface area contributed by atoms with E-state index < -0.39 is 33.1 Å². The molecule has 1 saturated carbocycles. The molecule has 0 radical (unpaired) electrons. The number of sulfone groups is 1. The molecule has 1 atom stereocenters. The highest BCUT2D eigenvalue weighted by atomic mass is 32.2. The minimum atomic E-state index is -3.12. The Morgan fingerprint density at radius 1 is 1.05 bits per heavy atom. The Hall–Kier alpha value is -4.62. The first-order valence-electron chi connectivity index (χ1n) is 13.9. The molecular formula is C31H31F2N7O3S. The topological polar surface area (TPSA) is 125 Å². The fraction of sp³-hybridized carbons (Fsp3) is 0.258. The lowest BCUT2D eigenvalue weighted by atomic mass is 9.93. The van der Waals surface area contributed by atoms with E-state index in [1.807, 2.05) is 37.2 Å². The first kappa shape index (κ1) is 29.5. The SMILES string of the molecule is CN(c1ccc2c(c1)nc(NC(O)C1(c3cc(F)ccc3F)CC1)n2C)c1ccnc(Nc2ccc(CS(C)(=O)=O)cc2)n1. The van der Waals surface area contributed by atoms with Gasteiger partial charge < -0.3 is 25.2 Å². The van der Waals surface area contributed by atoms with Gasteiger partial charge in [0.25, 0.3) is 0 Å². The fourth-order valence-corrected chi connectivity index (χ4v) is 6.13. The third kappa shape index (κ3) is 5.92. The highest BCUT2D eigenvalue weighted by Gasteiger charge is 2.52. The molecule has 3 aromatic carbocycles. The number of nitrogens with one attached hydrogen (secondary N) is 2. The zero-order chi connectivity index (χ0) is 31.2. The van der Waals surface area contributed by atoms with Gasteiger partial charge in [-0.1, -0.05) is 12.1 Å². The van der Waals surface area contributed by atoms with Crippen LogP contribution in [0.3, 0.4) is 0 Å². The Balaban J connectivity index is 1.19. The van der Waals surface area contributed by atoms with Crippen molar-refractivity contribution in [3.8, 4) is 0 Å². The summed E-state index contributed by atoms with van der Waals surface area (Å²) in [5.74, 6) is 0.255. The molecule has 228 valence electrons. The van der Waals surface area contributed by atoms with Crippen LogP contribution in [-0.2, 0) is 28.1 Å². The second kappa shape index (κ2) is 11.1. The van der Waals surface area contributed by atoms with Crippen LogP contribution < -0.4 is 15.5 Å². The van der Waals surface area contributed by atoms with Crippen molar-refractivity contribution < 1.29 is 22.3 Å². The number of nitrogens with zero attached hydrogens (tertiary/aromatic N) is 5. The summed E-state index contributed by atoms with van der Waals surface area (Å²) in [6.45, 7) is 0. The average Bonchev–Trinajstić information content (AvgIpc) is 3.74. The Kier molecular flexibility index (Phi) is 7.46. The molecule has 6 rings (SSSR count). The number of aryl methyl sites for hydroxylation is 1. The lowest BCUT2D eigenvalue weighted by molar-refractivity contribution is 0.156. The van der Waals surface area contributed by atoms with Crippen molar-refractivity contribution in [3.05, 3.63) is 95.7 Å². The molecule has 0 bridgehead atoms. The van der Waals surface area contributed by atoms with E-state index >= 15 is 0 Å². The van der Waals surface area contributed by atoms with E-state index in [-0.39, 0.29) is 11.3 Å². The fourth-order valence-electron chi connectivity index (χ4n) is 5.33. The molecule has 1 fully saturated rings. The molecule has 44 heavy (non-hydrogen) atoms. The molecule has 1 aliphatic carbocycles. The van der Waals surface area contributed by atoms with E-state index in [9.17, 15) is 22.3 Å². The van der Waals surface area contributed by atoms with Crippen LogP contribution in [-0.4, -0.2) is 52.6 Å². The van der Waals surface area contributed by atoms with Crippen LogP contribution in [0, 0.1) is 11.6 Å². The molecule has 10 nitrogen and oxygen atoms in total. The van der Waals surface area contributed by atoms with Crippen molar-refractivity contribution in [2.75, 3.05) is 28.8 Å². The zero-order valence-electron chi connectivity index (χ0n) is 24.3. The molecule has 0 saturated heterocycles. The quantitative estimate of drug-likeness (QED) is 0.182. The molecule has 0 amide bonds. The van der Waals surface area contributed by atoms with Gasteiger partial charge in [0.05, 0.1) is 16.8 Å². The maximum absolute atomic E-state index is 14.5. The lowest BCUT2D eigenvalue weighted by Crippen LogP contribution is -2.35. The minimum Gasteiger partial charge on any atom is -0.373 e. The molecule has 5 aromatic rings. The minimum absolute atomic E-state index is 0.0293. The van der Waals surface area contributed by atoms with Crippen LogP contribution in [0.5, 0.6) is 0 Å². The summed E-state index contributed by atoms with van der Waals surface area (Å²) < 4.78 is 53.3. The lowest BCUT2D eigenvalue weighted by Gasteiger charge is -2.24. The second-order valence-electron chi connectivity index (χ2n) is 11.2. The molecule has 0 spiro atoms. The maximum atomic E-state index is 14.5. The van der Waals surface area contributed by atoms with Gasteiger partial charge in [-0.15, -0.1) is 0 Å². The van der Waals surface area contributed by atoms with Gasteiger partial charge in [-0.3, -0.25) is 0 Å². The van der Waals surface area contributed by atoms with E-state index in [1.54, 1.807) is 41.1 Å². The number of benzene rings is 3. The number of anilines is 5. The van der Waals surface area contributed by atoms with Gasteiger partial charge in [0.15, 0.2) is 9.84 Å². The summed E-state index contributed by atoms with van der Waals surface area (Å²) in [4.78, 5) is 15.5. The largest absolute Gasteiger partial charge is 0.373 e. The predicted octanol–water partition coefficient (Wildman–Crippen LogP) is 5.16. The first-order valence-corrected chi connectivity index (χ1v) is 15.9. The van der Waals surface area contributed by atoms with Crippen LogP contribution in [0.1, 0.15) is 24.0 Å². The summed E-state index contributed by atoms with van der Waals surface area (Å²) in [7, 11) is 0.554. The summed E-state index contributed by atoms with van der Waals surface area (Å²) in [6, 6.07) is 17.8. The number of hydrogen-bond donors (Lipinski definition) is 3. The third-order valence-corrected chi connectivity index (χ3v) is 8.78. The number of hydrogen-bond acceptors (Lipinski definition) is 9. The van der Waals surface area contributed by atoms with Crippen LogP contribution in [0.2, 0.25) is 0 Å². The van der Waals surface area contributed by atoms with Gasteiger partial charge >= 0.3 is 0 Å². The van der Waals surface area contributed by atoms with E-state index in [0.29, 0.717) is 47.3 Å². The summed E-state index contributed by atoms with van der Waals surface area (Å²) in [5, 5.41) is 17.3. The van der Waals surface area contributed by atoms with E-state index in [4.69, 9.17) is 0 Å². The number of rotatable bonds is 10. The molecular weight excluding hydrogens is 588 g/mol. The summed E-state index contributed by atoms with van der Waals surface area (Å²) >= 11 is 0. The van der Waals surface area contributed by atoms with Gasteiger partial charge in [0.1, 0.15) is 23.7 Å². The number of imidazole rings is 1. The van der Waals surface area contributed by atoms with Crippen molar-refractivity contribution >= 4 is 50.0 Å². The average molecular weight is 620 g/mol. The highest BCUT2D eigenvalue weighted by molar-refractivity contribution is 7.89. The maximum Gasteiger partial charge on any atom is 0.229 e. The molecule has 2 aromatic heterocycles. The number of aromatic nitrogens is 4. The zero-order valence-corrected chi connectivity index (χ0v) is 25.1. The summed E-state index contributed by atoms with van der Waals surface area (Å²) in [6.07, 6.45) is 2.70. The van der Waals surface area contributed by atoms with Gasteiger partial charge in [0, 0.05) is 48.9 Å². The van der Waals surface area contributed by atoms with Gasteiger partial charge in [-0.05, 0) is 73.0 Å². The Morgan fingerprint density at radius 2 is 1.80 bits per heavy atom. The second-order valence-corrected chi connectivity index (χ2v) is 13.3. The van der Waals surface area contributed by atoms with Crippen molar-refractivity contribution in [2.24, 2.45) is 7.05 Å². The van der Waals surface area contributed by atoms with Crippen LogP contribution in [0.4, 0.5) is 37.9 Å². The smallest absolute Gasteiger partial charge is 0.229 e. The highest BCUT2D eigenvalue weighted by Crippen LogP contribution is 2.52. The van der Waals surface area contributed by atoms with Crippen LogP contribution in [0.15, 0.2) is 72.9 Å². The van der Waals surface area contributed by atoms with Crippen LogP contribution in [0.25, 0.3) is 11.0 Å². The standard InChI is InChI=1S/C31H31F2N7O3S/c1-39(27-12-15-34-29(37-27)35-21-7-4-19(5-8-21)18-44(3,42)43)22-9-11-26-25(17-22)36-30(40(26)2)38-28(41)31(13-14-31)23-16-20(32)6-10-24(23)33/h4-12,15-17,28,41H,13-14,18H2,1-3H3,(H,36,38)(H,34,35,37). The van der Waals surface area contributed by atoms with Crippen molar-refractivity contribution in [1.29, 1.82) is 0 Å². The predicted molar refractivity (Wildman–Crippen MR) is 166 cm³/mol. The molecule has 1 unspecified atom stereocenters. The normalized spacial score (nSPS) is 14.8. The number of halogens is 2.